The number of carbonyl (C=O) groups is 2. The number of halogens is 1. The molecule has 1 N–H and O–H groups in total. The number of amides is 1. The molecule has 26 heavy (non-hydrogen) atoms. The fourth-order valence-corrected chi connectivity index (χ4v) is 2.48. The second-order valence-electron chi connectivity index (χ2n) is 5.36. The van der Waals surface area contributed by atoms with Crippen LogP contribution in [0.15, 0.2) is 54.6 Å². The molecule has 1 amide bonds. The van der Waals surface area contributed by atoms with Crippen molar-refractivity contribution in [2.24, 2.45) is 0 Å². The summed E-state index contributed by atoms with van der Waals surface area (Å²) in [5, 5.41) is 6.87. The normalized spacial score (nSPS) is 10.4. The molecule has 0 atom stereocenters. The predicted molar refractivity (Wildman–Crippen MR) is 94.6 cm³/mol. The van der Waals surface area contributed by atoms with Gasteiger partial charge in [-0.1, -0.05) is 12.1 Å². The lowest BCUT2D eigenvalue weighted by Crippen LogP contribution is -2.06. The quantitative estimate of drug-likeness (QED) is 0.544. The van der Waals surface area contributed by atoms with Crippen LogP contribution in [0.25, 0.3) is 16.9 Å². The van der Waals surface area contributed by atoms with Gasteiger partial charge in [0.1, 0.15) is 5.82 Å². The van der Waals surface area contributed by atoms with Gasteiger partial charge < -0.3 is 10.1 Å². The van der Waals surface area contributed by atoms with E-state index < -0.39 is 5.97 Å². The maximum absolute atomic E-state index is 13.2. The number of nitrogens with one attached hydrogen (secondary N) is 1. The van der Waals surface area contributed by atoms with Crippen molar-refractivity contribution in [1.29, 1.82) is 0 Å². The molecule has 7 heteroatoms. The van der Waals surface area contributed by atoms with Gasteiger partial charge in [0.25, 0.3) is 0 Å². The van der Waals surface area contributed by atoms with E-state index in [9.17, 15) is 14.0 Å². The first-order valence-electron chi connectivity index (χ1n) is 7.96. The van der Waals surface area contributed by atoms with Crippen LogP contribution in [0, 0.1) is 5.82 Å². The van der Waals surface area contributed by atoms with Crippen LogP contribution in [0.1, 0.15) is 17.4 Å². The van der Waals surface area contributed by atoms with Crippen molar-refractivity contribution in [3.63, 3.8) is 0 Å². The Morgan fingerprint density at radius 2 is 1.88 bits per heavy atom. The molecule has 132 valence electrons. The minimum Gasteiger partial charge on any atom is -0.461 e. The van der Waals surface area contributed by atoms with E-state index in [1.165, 1.54) is 12.1 Å². The third-order valence-electron chi connectivity index (χ3n) is 3.67. The number of anilines is 1. The summed E-state index contributed by atoms with van der Waals surface area (Å²) in [6.07, 6.45) is 0.594. The number of hydrogen-bond donors (Lipinski definition) is 1. The predicted octanol–water partition coefficient (Wildman–Crippen LogP) is 3.42. The van der Waals surface area contributed by atoms with Crippen molar-refractivity contribution in [2.75, 3.05) is 11.9 Å². The number of carbonyl (C=O) groups excluding carboxylic acids is 2. The summed E-state index contributed by atoms with van der Waals surface area (Å²) in [6.45, 7) is 1.96. The Bertz CT molecular complexity index is 918. The zero-order chi connectivity index (χ0) is 18.5. The number of rotatable bonds is 6. The monoisotopic (exact) mass is 353 g/mol. The molecule has 0 saturated heterocycles. The Kier molecular flexibility index (Phi) is 5.07. The van der Waals surface area contributed by atoms with Crippen molar-refractivity contribution in [3.05, 3.63) is 66.1 Å². The van der Waals surface area contributed by atoms with Crippen LogP contribution in [0.4, 0.5) is 10.1 Å². The second kappa shape index (κ2) is 7.60. The fraction of sp³-hybridized carbons (Fsp3) is 0.105. The first-order valence-corrected chi connectivity index (χ1v) is 7.96. The molecule has 2 aromatic carbocycles. The maximum Gasteiger partial charge on any atom is 0.358 e. The lowest BCUT2D eigenvalue weighted by molar-refractivity contribution is -0.105. The smallest absolute Gasteiger partial charge is 0.358 e. The highest BCUT2D eigenvalue weighted by molar-refractivity contribution is 5.89. The molecule has 0 fully saturated rings. The third kappa shape index (κ3) is 3.61. The van der Waals surface area contributed by atoms with Gasteiger partial charge in [0.15, 0.2) is 5.69 Å². The molecule has 0 radical (unpaired) electrons. The molecule has 0 spiro atoms. The molecule has 0 unspecified atom stereocenters. The zero-order valence-corrected chi connectivity index (χ0v) is 14.0. The number of aromatic nitrogens is 2. The molecule has 3 aromatic rings. The molecule has 0 saturated carbocycles. The van der Waals surface area contributed by atoms with Gasteiger partial charge in [0.05, 0.1) is 18.0 Å². The highest BCUT2D eigenvalue weighted by atomic mass is 19.1. The summed E-state index contributed by atoms with van der Waals surface area (Å²) >= 11 is 0. The Balaban J connectivity index is 2.07. The first-order chi connectivity index (χ1) is 12.6. The number of hydrogen-bond acceptors (Lipinski definition) is 4. The highest BCUT2D eigenvalue weighted by Gasteiger charge is 2.17. The van der Waals surface area contributed by atoms with E-state index in [1.807, 2.05) is 0 Å². The van der Waals surface area contributed by atoms with Gasteiger partial charge in [-0.25, -0.2) is 13.9 Å². The van der Waals surface area contributed by atoms with Crippen LogP contribution in [-0.2, 0) is 9.53 Å². The van der Waals surface area contributed by atoms with Crippen LogP contribution in [0.3, 0.4) is 0 Å². The third-order valence-corrected chi connectivity index (χ3v) is 3.67. The standard InChI is InChI=1S/C19H16FN3O3/c1-2-26-19(25)17-11-18(13-3-7-15(8-4-13)21-12-24)23(22-17)16-9-5-14(20)6-10-16/h3-12H,2H2,1H3,(H,21,24). The van der Waals surface area contributed by atoms with E-state index in [4.69, 9.17) is 4.74 Å². The summed E-state index contributed by atoms with van der Waals surface area (Å²) in [4.78, 5) is 22.6. The first kappa shape index (κ1) is 17.3. The molecule has 0 aliphatic heterocycles. The Morgan fingerprint density at radius 3 is 2.50 bits per heavy atom. The number of nitrogens with zero attached hydrogens (tertiary/aromatic N) is 2. The second-order valence-corrected chi connectivity index (χ2v) is 5.36. The van der Waals surface area contributed by atoms with Gasteiger partial charge in [-0.05, 0) is 49.4 Å². The van der Waals surface area contributed by atoms with E-state index in [-0.39, 0.29) is 18.1 Å². The SMILES string of the molecule is CCOC(=O)c1cc(-c2ccc(NC=O)cc2)n(-c2ccc(F)cc2)n1. The number of esters is 1. The summed E-state index contributed by atoms with van der Waals surface area (Å²) in [5.41, 5.74) is 2.81. The molecule has 6 nitrogen and oxygen atoms in total. The van der Waals surface area contributed by atoms with Crippen molar-refractivity contribution < 1.29 is 18.7 Å². The van der Waals surface area contributed by atoms with Crippen molar-refractivity contribution in [3.8, 4) is 16.9 Å². The van der Waals surface area contributed by atoms with Crippen molar-refractivity contribution >= 4 is 18.1 Å². The average Bonchev–Trinajstić information content (AvgIpc) is 3.09. The average molecular weight is 353 g/mol. The molecule has 1 heterocycles. The van der Waals surface area contributed by atoms with Crippen LogP contribution < -0.4 is 5.32 Å². The van der Waals surface area contributed by atoms with E-state index >= 15 is 0 Å². The van der Waals surface area contributed by atoms with Crippen molar-refractivity contribution in [2.45, 2.75) is 6.92 Å². The lowest BCUT2D eigenvalue weighted by Gasteiger charge is -2.08. The largest absolute Gasteiger partial charge is 0.461 e. The Hall–Kier alpha value is -3.48. The van der Waals surface area contributed by atoms with Gasteiger partial charge in [0.2, 0.25) is 6.41 Å². The zero-order valence-electron chi connectivity index (χ0n) is 14.0. The van der Waals surface area contributed by atoms with Crippen LogP contribution in [0.2, 0.25) is 0 Å². The van der Waals surface area contributed by atoms with E-state index in [2.05, 4.69) is 10.4 Å². The molecule has 0 aliphatic rings. The molecule has 0 bridgehead atoms. The molecule has 3 rings (SSSR count). The fourth-order valence-electron chi connectivity index (χ4n) is 2.48. The highest BCUT2D eigenvalue weighted by Crippen LogP contribution is 2.26. The minimum atomic E-state index is -0.533. The van der Waals surface area contributed by atoms with E-state index in [1.54, 1.807) is 54.1 Å². The Labute approximate surface area is 149 Å². The minimum absolute atomic E-state index is 0.154. The summed E-state index contributed by atoms with van der Waals surface area (Å²) in [5.74, 6) is -0.897. The van der Waals surface area contributed by atoms with Gasteiger partial charge >= 0.3 is 5.97 Å². The molecular formula is C19H16FN3O3. The van der Waals surface area contributed by atoms with E-state index in [0.29, 0.717) is 23.5 Å². The topological polar surface area (TPSA) is 73.2 Å². The number of ether oxygens (including phenoxy) is 1. The van der Waals surface area contributed by atoms with Crippen LogP contribution >= 0.6 is 0 Å². The van der Waals surface area contributed by atoms with Gasteiger partial charge in [-0.15, -0.1) is 0 Å². The molecular weight excluding hydrogens is 337 g/mol. The van der Waals surface area contributed by atoms with E-state index in [0.717, 1.165) is 5.56 Å². The van der Waals surface area contributed by atoms with Crippen LogP contribution in [0.5, 0.6) is 0 Å². The molecule has 0 aliphatic carbocycles. The number of benzene rings is 2. The van der Waals surface area contributed by atoms with Crippen molar-refractivity contribution in [1.82, 2.24) is 9.78 Å². The molecule has 1 aromatic heterocycles. The summed E-state index contributed by atoms with van der Waals surface area (Å²) in [7, 11) is 0. The Morgan fingerprint density at radius 1 is 1.19 bits per heavy atom. The maximum atomic E-state index is 13.2. The van der Waals surface area contributed by atoms with Gasteiger partial charge in [0, 0.05) is 11.3 Å². The summed E-state index contributed by atoms with van der Waals surface area (Å²) in [6, 6.07) is 14.4. The summed E-state index contributed by atoms with van der Waals surface area (Å²) < 4.78 is 19.8. The van der Waals surface area contributed by atoms with Crippen LogP contribution in [-0.4, -0.2) is 28.8 Å². The lowest BCUT2D eigenvalue weighted by atomic mass is 10.1. The van der Waals surface area contributed by atoms with Gasteiger partial charge in [-0.2, -0.15) is 5.10 Å². The van der Waals surface area contributed by atoms with Gasteiger partial charge in [-0.3, -0.25) is 4.79 Å².